The number of aryl methyl sites for hydroxylation is 1. The van der Waals surface area contributed by atoms with Crippen LogP contribution in [0.15, 0.2) is 41.0 Å². The number of nitrogens with one attached hydrogen (secondary N) is 1. The molecule has 2 aromatic heterocycles. The van der Waals surface area contributed by atoms with Gasteiger partial charge in [-0.05, 0) is 24.3 Å². The number of nitrogens with zero attached hydrogens (tertiary/aromatic N) is 7. The first kappa shape index (κ1) is 22.8. The highest BCUT2D eigenvalue weighted by molar-refractivity contribution is 5.40. The van der Waals surface area contributed by atoms with Gasteiger partial charge < -0.3 is 14.5 Å². The monoisotopic (exact) mass is 502 g/mol. The number of alkyl halides is 6. The zero-order valence-corrected chi connectivity index (χ0v) is 17.7. The zero-order chi connectivity index (χ0) is 25.0. The molecule has 5 rings (SSSR count). The van der Waals surface area contributed by atoms with Crippen molar-refractivity contribution in [1.82, 2.24) is 30.0 Å². The fourth-order valence-electron chi connectivity index (χ4n) is 3.66. The highest BCUT2D eigenvalue weighted by Gasteiger charge is 2.45. The maximum absolute atomic E-state index is 13.1. The summed E-state index contributed by atoms with van der Waals surface area (Å²) in [5.41, 5.74) is -1.02. The molecule has 2 aliphatic heterocycles. The molecule has 186 valence electrons. The van der Waals surface area contributed by atoms with Gasteiger partial charge in [0.15, 0.2) is 0 Å². The Labute approximate surface area is 192 Å². The lowest BCUT2D eigenvalue weighted by Crippen LogP contribution is -2.64. The Morgan fingerprint density at radius 2 is 1.97 bits per heavy atom. The van der Waals surface area contributed by atoms with Crippen LogP contribution in [-0.4, -0.2) is 54.8 Å². The van der Waals surface area contributed by atoms with Gasteiger partial charge in [-0.2, -0.15) is 31.3 Å². The number of benzene rings is 1. The molecule has 1 saturated heterocycles. The molecule has 0 amide bonds. The minimum Gasteiger partial charge on any atom is -0.424 e. The summed E-state index contributed by atoms with van der Waals surface area (Å²) < 4.78 is 89.2. The van der Waals surface area contributed by atoms with E-state index >= 15 is 0 Å². The number of fused-ring (bicyclic) bond motifs is 1. The van der Waals surface area contributed by atoms with Crippen molar-refractivity contribution in [3.63, 3.8) is 0 Å². The third-order valence-corrected chi connectivity index (χ3v) is 5.21. The number of hydrogen-bond acceptors (Lipinski definition) is 9. The van der Waals surface area contributed by atoms with Crippen LogP contribution in [0.1, 0.15) is 11.5 Å². The van der Waals surface area contributed by atoms with Crippen molar-refractivity contribution in [1.29, 1.82) is 0 Å². The van der Waals surface area contributed by atoms with E-state index in [9.17, 15) is 26.3 Å². The van der Waals surface area contributed by atoms with E-state index in [0.717, 1.165) is 12.1 Å². The largest absolute Gasteiger partial charge is 0.424 e. The van der Waals surface area contributed by atoms with Gasteiger partial charge in [0, 0.05) is 13.1 Å². The lowest BCUT2D eigenvalue weighted by Gasteiger charge is -2.48. The van der Waals surface area contributed by atoms with Crippen molar-refractivity contribution in [2.75, 3.05) is 16.9 Å². The lowest BCUT2D eigenvalue weighted by atomic mass is 10.1. The second-order valence-corrected chi connectivity index (χ2v) is 7.76. The van der Waals surface area contributed by atoms with E-state index in [1.165, 1.54) is 6.07 Å². The van der Waals surface area contributed by atoms with Gasteiger partial charge in [0.25, 0.3) is 0 Å². The van der Waals surface area contributed by atoms with E-state index in [4.69, 9.17) is 9.15 Å². The summed E-state index contributed by atoms with van der Waals surface area (Å²) in [5.74, 6) is -0.118. The van der Waals surface area contributed by atoms with Crippen molar-refractivity contribution in [3.05, 3.63) is 48.0 Å². The highest BCUT2D eigenvalue weighted by Crippen LogP contribution is 2.35. The first-order chi connectivity index (χ1) is 16.5. The highest BCUT2D eigenvalue weighted by atomic mass is 19.4. The van der Waals surface area contributed by atoms with Crippen LogP contribution in [-0.2, 0) is 12.7 Å². The van der Waals surface area contributed by atoms with Crippen LogP contribution < -0.4 is 15.1 Å². The summed E-state index contributed by atoms with van der Waals surface area (Å²) in [6.45, 7) is 0.583. The fraction of sp³-hybridized carbons (Fsp3) is 0.368. The summed E-state index contributed by atoms with van der Waals surface area (Å²) >= 11 is 0. The van der Waals surface area contributed by atoms with Crippen LogP contribution in [0, 0.1) is 6.92 Å². The molecule has 2 aliphatic rings. The average molecular weight is 502 g/mol. The van der Waals surface area contributed by atoms with E-state index in [-0.39, 0.29) is 23.8 Å². The van der Waals surface area contributed by atoms with Gasteiger partial charge in [0.05, 0.1) is 24.2 Å². The molecule has 0 spiro atoms. The van der Waals surface area contributed by atoms with Crippen molar-refractivity contribution in [2.45, 2.75) is 37.9 Å². The molecular formula is C19H16F6N8O2. The Bertz CT molecular complexity index is 1250. The summed E-state index contributed by atoms with van der Waals surface area (Å²) in [4.78, 5) is 3.94. The van der Waals surface area contributed by atoms with Crippen molar-refractivity contribution in [2.24, 2.45) is 0 Å². The molecule has 1 fully saturated rings. The summed E-state index contributed by atoms with van der Waals surface area (Å²) in [7, 11) is 0. The molecule has 0 radical (unpaired) electrons. The van der Waals surface area contributed by atoms with Crippen LogP contribution in [0.2, 0.25) is 0 Å². The normalized spacial score (nSPS) is 19.6. The van der Waals surface area contributed by atoms with Gasteiger partial charge >= 0.3 is 24.4 Å². The fourth-order valence-corrected chi connectivity index (χ4v) is 3.66. The summed E-state index contributed by atoms with van der Waals surface area (Å²) in [6, 6.07) is 2.92. The predicted octanol–water partition coefficient (Wildman–Crippen LogP) is 3.76. The topological polar surface area (TPSA) is 97.4 Å². The third-order valence-electron chi connectivity index (χ3n) is 5.21. The SMILES string of the molecule is Cc1nnc(N2CC3C(Nc4nc(Oc5cccc(C(F)(F)F)c5)n(CC(F)(F)F)n4)C=CN32)o1. The predicted molar refractivity (Wildman–Crippen MR) is 106 cm³/mol. The molecule has 2 unspecified atom stereocenters. The summed E-state index contributed by atoms with van der Waals surface area (Å²) in [5, 5.41) is 18.0. The minimum atomic E-state index is -4.67. The van der Waals surface area contributed by atoms with Crippen molar-refractivity contribution < 1.29 is 35.5 Å². The first-order valence-electron chi connectivity index (χ1n) is 10.1. The van der Waals surface area contributed by atoms with Gasteiger partial charge in [-0.15, -0.1) is 10.2 Å². The second-order valence-electron chi connectivity index (χ2n) is 7.76. The average Bonchev–Trinajstić information content (AvgIpc) is 3.39. The van der Waals surface area contributed by atoms with Gasteiger partial charge in [0.2, 0.25) is 11.8 Å². The Morgan fingerprint density at radius 3 is 2.66 bits per heavy atom. The Balaban J connectivity index is 1.33. The standard InChI is InChI=1S/C19H16F6N8O2/c1-10-28-29-17(34-10)33-8-14-13(5-6-32(14)33)26-15-27-16(31(30-15)9-18(20,21)22)35-12-4-2-3-11(7-12)19(23,24)25/h2-7,13-14H,8-9H2,1H3,(H,26,30). The third kappa shape index (κ3) is 4.67. The Hall–Kier alpha value is -3.98. The first-order valence-corrected chi connectivity index (χ1v) is 10.1. The maximum atomic E-state index is 13.1. The van der Waals surface area contributed by atoms with E-state index in [1.54, 1.807) is 29.2 Å². The van der Waals surface area contributed by atoms with Crippen molar-refractivity contribution >= 4 is 12.0 Å². The van der Waals surface area contributed by atoms with E-state index in [1.807, 2.05) is 0 Å². The summed E-state index contributed by atoms with van der Waals surface area (Å²) in [6.07, 6.45) is -5.83. The van der Waals surface area contributed by atoms with Gasteiger partial charge in [-0.1, -0.05) is 11.2 Å². The molecule has 10 nitrogen and oxygen atoms in total. The van der Waals surface area contributed by atoms with Gasteiger partial charge in [-0.3, -0.25) is 5.01 Å². The molecular weight excluding hydrogens is 486 g/mol. The number of hydrogen-bond donors (Lipinski definition) is 1. The molecule has 2 atom stereocenters. The molecule has 3 aromatic rings. The maximum Gasteiger partial charge on any atom is 0.416 e. The van der Waals surface area contributed by atoms with Crippen LogP contribution in [0.25, 0.3) is 0 Å². The van der Waals surface area contributed by atoms with Crippen LogP contribution >= 0.6 is 0 Å². The smallest absolute Gasteiger partial charge is 0.416 e. The molecule has 1 N–H and O–H groups in total. The molecule has 0 saturated carbocycles. The van der Waals surface area contributed by atoms with Gasteiger partial charge in [0.1, 0.15) is 12.3 Å². The number of rotatable bonds is 6. The Morgan fingerprint density at radius 1 is 1.17 bits per heavy atom. The number of halogens is 6. The molecule has 1 aromatic carbocycles. The minimum absolute atomic E-state index is 0.121. The second kappa shape index (κ2) is 8.06. The molecule has 16 heteroatoms. The number of anilines is 2. The van der Waals surface area contributed by atoms with E-state index in [2.05, 4.69) is 25.6 Å². The number of hydrazine groups is 1. The van der Waals surface area contributed by atoms with Crippen LogP contribution in [0.5, 0.6) is 11.8 Å². The lowest BCUT2D eigenvalue weighted by molar-refractivity contribution is -0.143. The van der Waals surface area contributed by atoms with Crippen LogP contribution in [0.4, 0.5) is 38.3 Å². The molecule has 0 aliphatic carbocycles. The zero-order valence-electron chi connectivity index (χ0n) is 17.7. The van der Waals surface area contributed by atoms with Crippen molar-refractivity contribution in [3.8, 4) is 11.8 Å². The number of aromatic nitrogens is 5. The van der Waals surface area contributed by atoms with E-state index < -0.39 is 30.5 Å². The molecule has 0 bridgehead atoms. The number of ether oxygens (including phenoxy) is 1. The molecule has 4 heterocycles. The van der Waals surface area contributed by atoms with Crippen LogP contribution in [0.3, 0.4) is 0 Å². The quantitative estimate of drug-likeness (QED) is 0.506. The molecule has 35 heavy (non-hydrogen) atoms. The van der Waals surface area contributed by atoms with Gasteiger partial charge in [-0.25, -0.2) is 9.69 Å². The van der Waals surface area contributed by atoms with E-state index in [0.29, 0.717) is 29.2 Å². The Kier molecular flexibility index (Phi) is 5.25.